The molecule has 28 heavy (non-hydrogen) atoms. The van der Waals surface area contributed by atoms with Crippen molar-refractivity contribution >= 4 is 50.1 Å². The summed E-state index contributed by atoms with van der Waals surface area (Å²) >= 11 is 6.54. The summed E-state index contributed by atoms with van der Waals surface area (Å²) in [4.78, 5) is 14.7. The zero-order valence-corrected chi connectivity index (χ0v) is 18.3. The van der Waals surface area contributed by atoms with Crippen LogP contribution in [0.3, 0.4) is 0 Å². The van der Waals surface area contributed by atoms with Gasteiger partial charge in [0.05, 0.1) is 36.2 Å². The molecule has 0 spiro atoms. The average Bonchev–Trinajstić information content (AvgIpc) is 3.14. The first-order valence-electron chi connectivity index (χ1n) is 9.13. The minimum absolute atomic E-state index is 0.0235. The maximum absolute atomic E-state index is 12.8. The van der Waals surface area contributed by atoms with E-state index in [1.807, 2.05) is 18.2 Å². The van der Waals surface area contributed by atoms with Gasteiger partial charge in [-0.15, -0.1) is 0 Å². The summed E-state index contributed by atoms with van der Waals surface area (Å²) in [6.45, 7) is 2.72. The number of rotatable bonds is 7. The zero-order valence-electron chi connectivity index (χ0n) is 15.8. The van der Waals surface area contributed by atoms with Gasteiger partial charge >= 0.3 is 0 Å². The predicted octanol–water partition coefficient (Wildman–Crippen LogP) is 3.26. The molecule has 152 valence electrons. The van der Waals surface area contributed by atoms with Gasteiger partial charge in [-0.3, -0.25) is 9.69 Å². The molecule has 1 amide bonds. The lowest BCUT2D eigenvalue weighted by Gasteiger charge is -2.20. The van der Waals surface area contributed by atoms with Crippen LogP contribution in [0.5, 0.6) is 11.5 Å². The van der Waals surface area contributed by atoms with Crippen molar-refractivity contribution < 1.29 is 22.7 Å². The monoisotopic (exact) mass is 441 g/mol. The topological polar surface area (TPSA) is 72.9 Å². The van der Waals surface area contributed by atoms with Gasteiger partial charge in [0.15, 0.2) is 21.3 Å². The molecule has 9 heteroatoms. The highest BCUT2D eigenvalue weighted by atomic mass is 32.2. The lowest BCUT2D eigenvalue weighted by Crippen LogP contribution is -2.39. The molecule has 0 bridgehead atoms. The van der Waals surface area contributed by atoms with Crippen LogP contribution in [0.2, 0.25) is 0 Å². The van der Waals surface area contributed by atoms with Crippen LogP contribution in [-0.2, 0) is 14.6 Å². The second kappa shape index (κ2) is 8.84. The van der Waals surface area contributed by atoms with Crippen LogP contribution in [0, 0.1) is 0 Å². The molecular formula is C19H23NO5S3. The zero-order chi connectivity index (χ0) is 20.3. The van der Waals surface area contributed by atoms with Gasteiger partial charge in [0.2, 0.25) is 0 Å². The number of methoxy groups -OCH3 is 1. The molecule has 0 radical (unpaired) electrons. The molecule has 2 fully saturated rings. The summed E-state index contributed by atoms with van der Waals surface area (Å²) < 4.78 is 35.0. The molecule has 0 aliphatic carbocycles. The second-order valence-corrected chi connectivity index (χ2v) is 10.6. The van der Waals surface area contributed by atoms with Gasteiger partial charge < -0.3 is 9.47 Å². The first-order valence-corrected chi connectivity index (χ1v) is 12.2. The Morgan fingerprint density at radius 1 is 1.36 bits per heavy atom. The average molecular weight is 442 g/mol. The quantitative estimate of drug-likeness (QED) is 0.365. The van der Waals surface area contributed by atoms with Gasteiger partial charge in [-0.05, 0) is 36.6 Å². The van der Waals surface area contributed by atoms with E-state index in [9.17, 15) is 13.2 Å². The third-order valence-corrected chi connectivity index (χ3v) is 7.72. The third kappa shape index (κ3) is 4.69. The number of thiocarbonyl (C=S) groups is 1. The van der Waals surface area contributed by atoms with Crippen molar-refractivity contribution in [2.24, 2.45) is 0 Å². The van der Waals surface area contributed by atoms with Gasteiger partial charge in [0, 0.05) is 0 Å². The number of carbonyl (C=O) groups excluding carboxylic acids is 1. The van der Waals surface area contributed by atoms with Crippen molar-refractivity contribution in [2.75, 3.05) is 25.2 Å². The van der Waals surface area contributed by atoms with E-state index in [1.165, 1.54) is 16.7 Å². The molecule has 0 unspecified atom stereocenters. The van der Waals surface area contributed by atoms with Gasteiger partial charge in [-0.25, -0.2) is 8.42 Å². The molecule has 1 aromatic rings. The number of thioether (sulfide) groups is 1. The Labute approximate surface area is 175 Å². The molecule has 2 aliphatic heterocycles. The standard InChI is InChI=1S/C19H23NO5S3/c1-3-4-8-25-15-6-5-13(10-16(15)24-2)11-17-18(21)20(19(26)27-17)14-7-9-28(22,23)12-14/h5-6,10-11,14H,3-4,7-9,12H2,1-2H3/b17-11+/t14-/m0/s1. The fourth-order valence-corrected chi connectivity index (χ4v) is 6.24. The minimum Gasteiger partial charge on any atom is -0.493 e. The Kier molecular flexibility index (Phi) is 6.67. The molecular weight excluding hydrogens is 418 g/mol. The fourth-order valence-electron chi connectivity index (χ4n) is 3.14. The van der Waals surface area contributed by atoms with E-state index in [0.717, 1.165) is 18.4 Å². The third-order valence-electron chi connectivity index (χ3n) is 4.64. The first-order chi connectivity index (χ1) is 13.3. The minimum atomic E-state index is -3.09. The molecule has 3 rings (SSSR count). The van der Waals surface area contributed by atoms with E-state index in [0.29, 0.717) is 33.8 Å². The Bertz CT molecular complexity index is 910. The molecule has 0 saturated carbocycles. The van der Waals surface area contributed by atoms with E-state index < -0.39 is 9.84 Å². The molecule has 2 heterocycles. The van der Waals surface area contributed by atoms with Gasteiger partial charge in [0.1, 0.15) is 4.32 Å². The van der Waals surface area contributed by atoms with E-state index in [-0.39, 0.29) is 23.5 Å². The van der Waals surface area contributed by atoms with Crippen LogP contribution in [0.15, 0.2) is 23.1 Å². The summed E-state index contributed by atoms with van der Waals surface area (Å²) in [5, 5.41) is 0. The van der Waals surface area contributed by atoms with Crippen molar-refractivity contribution in [3.63, 3.8) is 0 Å². The number of carbonyl (C=O) groups is 1. The second-order valence-electron chi connectivity index (χ2n) is 6.72. The van der Waals surface area contributed by atoms with Gasteiger partial charge in [-0.2, -0.15) is 0 Å². The predicted molar refractivity (Wildman–Crippen MR) is 115 cm³/mol. The van der Waals surface area contributed by atoms with Crippen molar-refractivity contribution in [3.8, 4) is 11.5 Å². The molecule has 2 saturated heterocycles. The number of amides is 1. The number of sulfone groups is 1. The molecule has 0 N–H and O–H groups in total. The molecule has 1 aromatic carbocycles. The number of hydrogen-bond acceptors (Lipinski definition) is 7. The molecule has 0 aromatic heterocycles. The van der Waals surface area contributed by atoms with E-state index >= 15 is 0 Å². The summed E-state index contributed by atoms with van der Waals surface area (Å²) in [5.74, 6) is 1.10. The Hall–Kier alpha value is -1.58. The Morgan fingerprint density at radius 2 is 2.14 bits per heavy atom. The largest absolute Gasteiger partial charge is 0.493 e. The molecule has 6 nitrogen and oxygen atoms in total. The van der Waals surface area contributed by atoms with Crippen molar-refractivity contribution in [3.05, 3.63) is 28.7 Å². The maximum Gasteiger partial charge on any atom is 0.266 e. The number of ether oxygens (including phenoxy) is 2. The number of benzene rings is 1. The summed E-state index contributed by atoms with van der Waals surface area (Å²) in [6, 6.07) is 5.13. The van der Waals surface area contributed by atoms with Crippen LogP contribution in [-0.4, -0.2) is 54.8 Å². The van der Waals surface area contributed by atoms with Crippen LogP contribution >= 0.6 is 24.0 Å². The normalized spacial score (nSPS) is 22.9. The lowest BCUT2D eigenvalue weighted by molar-refractivity contribution is -0.123. The number of hydrogen-bond donors (Lipinski definition) is 0. The lowest BCUT2D eigenvalue weighted by atomic mass is 10.1. The smallest absolute Gasteiger partial charge is 0.266 e. The van der Waals surface area contributed by atoms with E-state index in [2.05, 4.69) is 6.92 Å². The van der Waals surface area contributed by atoms with Crippen LogP contribution in [0.4, 0.5) is 0 Å². The van der Waals surface area contributed by atoms with Crippen molar-refractivity contribution in [2.45, 2.75) is 32.2 Å². The number of nitrogens with zero attached hydrogens (tertiary/aromatic N) is 1. The van der Waals surface area contributed by atoms with Crippen molar-refractivity contribution in [1.82, 2.24) is 4.90 Å². The first kappa shape index (κ1) is 21.1. The Balaban J connectivity index is 1.78. The maximum atomic E-state index is 12.8. The van der Waals surface area contributed by atoms with Crippen molar-refractivity contribution in [1.29, 1.82) is 0 Å². The van der Waals surface area contributed by atoms with Crippen LogP contribution in [0.1, 0.15) is 31.7 Å². The highest BCUT2D eigenvalue weighted by molar-refractivity contribution is 8.26. The highest BCUT2D eigenvalue weighted by Crippen LogP contribution is 2.37. The van der Waals surface area contributed by atoms with Gasteiger partial charge in [-0.1, -0.05) is 43.4 Å². The SMILES string of the molecule is CCCCOc1ccc(/C=C2/SC(=S)N([C@H]3CCS(=O)(=O)C3)C2=O)cc1OC. The molecule has 1 atom stereocenters. The fraction of sp³-hybridized carbons (Fsp3) is 0.474. The molecule has 2 aliphatic rings. The Morgan fingerprint density at radius 3 is 2.79 bits per heavy atom. The number of unbranched alkanes of at least 4 members (excludes halogenated alkanes) is 1. The highest BCUT2D eigenvalue weighted by Gasteiger charge is 2.42. The summed E-state index contributed by atoms with van der Waals surface area (Å²) in [6.07, 6.45) is 4.19. The van der Waals surface area contributed by atoms with E-state index in [4.69, 9.17) is 21.7 Å². The van der Waals surface area contributed by atoms with Gasteiger partial charge in [0.25, 0.3) is 5.91 Å². The van der Waals surface area contributed by atoms with Crippen LogP contribution in [0.25, 0.3) is 6.08 Å². The van der Waals surface area contributed by atoms with Crippen LogP contribution < -0.4 is 9.47 Å². The summed E-state index contributed by atoms with van der Waals surface area (Å²) in [5.41, 5.74) is 0.791. The summed E-state index contributed by atoms with van der Waals surface area (Å²) in [7, 11) is -1.52. The van der Waals surface area contributed by atoms with E-state index in [1.54, 1.807) is 13.2 Å².